The zero-order chi connectivity index (χ0) is 81.7. The van der Waals surface area contributed by atoms with Crippen molar-refractivity contribution in [2.45, 2.75) is 529 Å². The smallest absolute Gasteiger partial charge is 0.220 e. The summed E-state index contributed by atoms with van der Waals surface area (Å²) in [6, 6.07) is -0.887. The molecule has 0 aromatic carbocycles. The Morgan fingerprint density at radius 3 is 0.912 bits per heavy atom. The first-order valence-electron chi connectivity index (χ1n) is 47.7. The highest BCUT2D eigenvalue weighted by Gasteiger charge is 2.54. The molecule has 19 nitrogen and oxygen atoms in total. The van der Waals surface area contributed by atoms with Gasteiger partial charge in [0, 0.05) is 6.42 Å². The number of hydrogen-bond donors (Lipinski definition) is 12. The van der Waals surface area contributed by atoms with E-state index in [1.807, 2.05) is 0 Å². The molecule has 0 aromatic heterocycles. The molecule has 0 radical (unpaired) electrons. The number of aliphatic hydroxyl groups is 11. The van der Waals surface area contributed by atoms with E-state index in [1.54, 1.807) is 0 Å². The summed E-state index contributed by atoms with van der Waals surface area (Å²) in [4.78, 5) is 13.6. The van der Waals surface area contributed by atoms with Crippen LogP contribution in [0, 0.1) is 0 Å². The van der Waals surface area contributed by atoms with Crippen LogP contribution in [0.3, 0.4) is 0 Å². The van der Waals surface area contributed by atoms with Gasteiger partial charge in [-0.15, -0.1) is 0 Å². The van der Waals surface area contributed by atoms with Gasteiger partial charge in [0.1, 0.15) is 73.2 Å². The summed E-state index contributed by atoms with van der Waals surface area (Å²) in [5, 5.41) is 121. The third-order valence-electron chi connectivity index (χ3n) is 24.0. The normalized spacial score (nSPS) is 24.9. The fourth-order valence-electron chi connectivity index (χ4n) is 16.4. The van der Waals surface area contributed by atoms with Crippen LogP contribution in [-0.4, -0.2) is 193 Å². The minimum atomic E-state index is -1.97. The maximum absolute atomic E-state index is 13.6. The molecule has 0 aromatic rings. The molecule has 0 saturated carbocycles. The maximum Gasteiger partial charge on any atom is 0.220 e. The first-order valence-corrected chi connectivity index (χ1v) is 47.7. The van der Waals surface area contributed by atoms with Crippen molar-refractivity contribution in [3.63, 3.8) is 0 Å². The van der Waals surface area contributed by atoms with Crippen molar-refractivity contribution in [2.75, 3.05) is 26.4 Å². The fourth-order valence-corrected chi connectivity index (χ4v) is 16.4. The number of carbonyl (C=O) groups is 1. The molecule has 3 rings (SSSR count). The Morgan fingerprint density at radius 1 is 0.319 bits per heavy atom. The number of unbranched alkanes of at least 4 members (excludes halogenated alkanes) is 57. The molecule has 0 aliphatic carbocycles. The van der Waals surface area contributed by atoms with Gasteiger partial charge in [-0.05, 0) is 51.4 Å². The molecule has 17 unspecified atom stereocenters. The quantitative estimate of drug-likeness (QED) is 0.0199. The highest BCUT2D eigenvalue weighted by molar-refractivity contribution is 5.76. The molecule has 3 aliphatic rings. The molecular formula is C94H177NO18. The minimum Gasteiger partial charge on any atom is -0.394 e. The third-order valence-corrected chi connectivity index (χ3v) is 24.0. The number of amides is 1. The topological polar surface area (TPSA) is 307 Å². The van der Waals surface area contributed by atoms with Gasteiger partial charge in [-0.25, -0.2) is 0 Å². The lowest BCUT2D eigenvalue weighted by molar-refractivity contribution is -0.379. The molecular weight excluding hydrogens is 1430 g/mol. The van der Waals surface area contributed by atoms with Gasteiger partial charge in [0.25, 0.3) is 0 Å². The lowest BCUT2D eigenvalue weighted by atomic mass is 9.96. The highest BCUT2D eigenvalue weighted by Crippen LogP contribution is 2.34. The van der Waals surface area contributed by atoms with Crippen molar-refractivity contribution < 1.29 is 89.4 Å². The number of allylic oxidation sites excluding steroid dienone is 6. The van der Waals surface area contributed by atoms with E-state index in [9.17, 15) is 61.0 Å². The standard InChI is InChI=1S/C94H177NO18/c1-3-5-7-9-11-13-15-17-19-21-23-25-27-29-31-32-33-34-35-36-37-38-39-40-41-42-43-44-46-48-50-52-54-56-58-60-62-64-66-68-70-72-82(100)95-77(78(99)71-69-67-65-63-61-59-57-55-53-51-49-47-45-30-28-26-24-22-20-18-16-14-12-10-8-6-4-2)76-108-92-88(106)85(103)90(80(74-97)110-92)113-94-89(107)86(104)91(81(75-98)111-94)112-93-87(105)84(102)83(101)79(73-96)109-93/h15,17,21,23,27,29,77-81,83-94,96-99,101-107H,3-14,16,18-20,22,24-26,28,30-76H2,1-2H3,(H,95,100)/b17-15-,23-21-,29-27-. The largest absolute Gasteiger partial charge is 0.394 e. The first kappa shape index (κ1) is 105. The highest BCUT2D eigenvalue weighted by atomic mass is 16.8. The number of ether oxygens (including phenoxy) is 6. The van der Waals surface area contributed by atoms with Crippen molar-refractivity contribution in [2.24, 2.45) is 0 Å². The molecule has 19 heteroatoms. The average molecular weight is 1610 g/mol. The van der Waals surface area contributed by atoms with E-state index in [1.165, 1.54) is 334 Å². The third kappa shape index (κ3) is 52.1. The van der Waals surface area contributed by atoms with E-state index in [-0.39, 0.29) is 18.9 Å². The second kappa shape index (κ2) is 73.9. The van der Waals surface area contributed by atoms with Crippen molar-refractivity contribution in [3.05, 3.63) is 36.5 Å². The molecule has 0 bridgehead atoms. The maximum atomic E-state index is 13.6. The second-order valence-electron chi connectivity index (χ2n) is 34.2. The van der Waals surface area contributed by atoms with Gasteiger partial charge in [-0.3, -0.25) is 4.79 Å². The Bertz CT molecular complexity index is 2170. The lowest BCUT2D eigenvalue weighted by Gasteiger charge is -2.48. The van der Waals surface area contributed by atoms with Gasteiger partial charge < -0.3 is 89.9 Å². The molecule has 3 fully saturated rings. The van der Waals surface area contributed by atoms with Gasteiger partial charge in [-0.2, -0.15) is 0 Å². The van der Waals surface area contributed by atoms with Crippen LogP contribution in [0.25, 0.3) is 0 Å². The van der Waals surface area contributed by atoms with E-state index in [0.29, 0.717) is 12.8 Å². The van der Waals surface area contributed by atoms with Crippen LogP contribution < -0.4 is 5.32 Å². The predicted octanol–water partition coefficient (Wildman–Crippen LogP) is 19.0. The summed E-state index contributed by atoms with van der Waals surface area (Å²) in [6.45, 7) is 1.87. The Kier molecular flexibility index (Phi) is 68.8. The summed E-state index contributed by atoms with van der Waals surface area (Å²) in [5.74, 6) is -0.233. The number of aliphatic hydroxyl groups excluding tert-OH is 11. The van der Waals surface area contributed by atoms with Gasteiger partial charge in [-0.1, -0.05) is 403 Å². The van der Waals surface area contributed by atoms with E-state index in [2.05, 4.69) is 55.6 Å². The Hall–Kier alpha value is -1.99. The van der Waals surface area contributed by atoms with Crippen molar-refractivity contribution >= 4 is 5.91 Å². The van der Waals surface area contributed by atoms with Gasteiger partial charge in [0.2, 0.25) is 5.91 Å². The number of rotatable bonds is 79. The number of hydrogen-bond acceptors (Lipinski definition) is 18. The molecule has 12 N–H and O–H groups in total. The number of carbonyl (C=O) groups excluding carboxylic acids is 1. The van der Waals surface area contributed by atoms with Crippen molar-refractivity contribution in [1.82, 2.24) is 5.32 Å². The summed E-state index contributed by atoms with van der Waals surface area (Å²) < 4.78 is 34.6. The van der Waals surface area contributed by atoms with Crippen LogP contribution in [0.4, 0.5) is 0 Å². The first-order chi connectivity index (χ1) is 55.3. The Balaban J connectivity index is 1.28. The Labute approximate surface area is 689 Å². The lowest BCUT2D eigenvalue weighted by Crippen LogP contribution is -2.66. The summed E-state index contributed by atoms with van der Waals surface area (Å²) >= 11 is 0. The summed E-state index contributed by atoms with van der Waals surface area (Å²) in [7, 11) is 0. The van der Waals surface area contributed by atoms with Crippen LogP contribution in [0.5, 0.6) is 0 Å². The SMILES string of the molecule is CCCCCCC/C=C\C/C=C\C/C=C\CCCCCCCCCCCCCCCCCCCCCCCCCCCCC(=O)NC(COC1OC(CO)C(OC2OC(CO)C(OC3OC(CO)C(O)C(O)C3O)C(O)C2O)C(O)C1O)C(O)CCCCCCCCCCCCCCCCCCCCCCCCCCCCC. The second-order valence-corrected chi connectivity index (χ2v) is 34.2. The van der Waals surface area contributed by atoms with Gasteiger partial charge >= 0.3 is 0 Å². The zero-order valence-electron chi connectivity index (χ0n) is 72.1. The predicted molar refractivity (Wildman–Crippen MR) is 457 cm³/mol. The van der Waals surface area contributed by atoms with Gasteiger partial charge in [0.05, 0.1) is 38.6 Å². The van der Waals surface area contributed by atoms with Crippen LogP contribution in [0.1, 0.15) is 425 Å². The molecule has 113 heavy (non-hydrogen) atoms. The molecule has 0 spiro atoms. The Morgan fingerprint density at radius 2 is 0.584 bits per heavy atom. The molecule has 17 atom stereocenters. The monoisotopic (exact) mass is 1610 g/mol. The van der Waals surface area contributed by atoms with Crippen LogP contribution >= 0.6 is 0 Å². The molecule has 3 saturated heterocycles. The summed E-state index contributed by atoms with van der Waals surface area (Å²) in [6.07, 6.45) is 68.4. The molecule has 3 heterocycles. The van der Waals surface area contributed by atoms with Crippen LogP contribution in [0.15, 0.2) is 36.5 Å². The van der Waals surface area contributed by atoms with E-state index in [0.717, 1.165) is 57.8 Å². The zero-order valence-corrected chi connectivity index (χ0v) is 72.1. The average Bonchev–Trinajstić information content (AvgIpc) is 0.777. The van der Waals surface area contributed by atoms with Crippen LogP contribution in [0.2, 0.25) is 0 Å². The molecule has 3 aliphatic heterocycles. The number of nitrogens with one attached hydrogen (secondary N) is 1. The van der Waals surface area contributed by atoms with E-state index >= 15 is 0 Å². The van der Waals surface area contributed by atoms with E-state index < -0.39 is 124 Å². The minimum absolute atomic E-state index is 0.233. The molecule has 1 amide bonds. The van der Waals surface area contributed by atoms with Gasteiger partial charge in [0.15, 0.2) is 18.9 Å². The van der Waals surface area contributed by atoms with Crippen molar-refractivity contribution in [3.8, 4) is 0 Å². The van der Waals surface area contributed by atoms with Crippen molar-refractivity contribution in [1.29, 1.82) is 0 Å². The van der Waals surface area contributed by atoms with Crippen LogP contribution in [-0.2, 0) is 33.2 Å². The summed E-state index contributed by atoms with van der Waals surface area (Å²) in [5.41, 5.74) is 0. The van der Waals surface area contributed by atoms with E-state index in [4.69, 9.17) is 28.4 Å². The fraction of sp³-hybridized carbons (Fsp3) is 0.926. The molecule has 666 valence electrons.